The Morgan fingerprint density at radius 2 is 1.88 bits per heavy atom. The monoisotopic (exact) mass is 326 g/mol. The van der Waals surface area contributed by atoms with Gasteiger partial charge in [-0.25, -0.2) is 0 Å². The zero-order chi connectivity index (χ0) is 17.7. The van der Waals surface area contributed by atoms with Crippen LogP contribution in [0.15, 0.2) is 47.4 Å². The summed E-state index contributed by atoms with van der Waals surface area (Å²) in [5.74, 6) is -0.0328. The maximum absolute atomic E-state index is 13.0. The summed E-state index contributed by atoms with van der Waals surface area (Å²) in [7, 11) is 0. The van der Waals surface area contributed by atoms with Gasteiger partial charge in [0, 0.05) is 30.8 Å². The molecule has 24 heavy (non-hydrogen) atoms. The Morgan fingerprint density at radius 1 is 1.21 bits per heavy atom. The van der Waals surface area contributed by atoms with Crippen LogP contribution >= 0.6 is 0 Å². The predicted octanol–water partition coefficient (Wildman–Crippen LogP) is 3.51. The van der Waals surface area contributed by atoms with Crippen molar-refractivity contribution in [2.45, 2.75) is 39.5 Å². The number of nitrogens with one attached hydrogen (secondary N) is 1. The second kappa shape index (κ2) is 7.47. The normalized spacial score (nSPS) is 11.3. The van der Waals surface area contributed by atoms with Gasteiger partial charge in [0.05, 0.1) is 5.56 Å². The van der Waals surface area contributed by atoms with Crippen LogP contribution in [0.5, 0.6) is 0 Å². The minimum Gasteiger partial charge on any atom is -0.338 e. The molecule has 1 amide bonds. The van der Waals surface area contributed by atoms with Crippen molar-refractivity contribution >= 4 is 5.91 Å². The van der Waals surface area contributed by atoms with E-state index in [0.717, 1.165) is 6.42 Å². The smallest absolute Gasteiger partial charge is 0.255 e. The van der Waals surface area contributed by atoms with Crippen molar-refractivity contribution < 1.29 is 4.79 Å². The molecule has 4 nitrogen and oxygen atoms in total. The van der Waals surface area contributed by atoms with Crippen molar-refractivity contribution in [1.82, 2.24) is 9.88 Å². The fraction of sp³-hybridized carbons (Fsp3) is 0.400. The Kier molecular flexibility index (Phi) is 5.60. The van der Waals surface area contributed by atoms with Crippen molar-refractivity contribution in [2.75, 3.05) is 13.1 Å². The van der Waals surface area contributed by atoms with Crippen LogP contribution in [0.1, 0.15) is 48.7 Å². The van der Waals surface area contributed by atoms with E-state index in [1.54, 1.807) is 6.92 Å². The van der Waals surface area contributed by atoms with E-state index in [2.05, 4.69) is 37.9 Å². The van der Waals surface area contributed by atoms with Gasteiger partial charge in [-0.15, -0.1) is 0 Å². The molecular formula is C20H26N2O2. The highest BCUT2D eigenvalue weighted by molar-refractivity contribution is 5.95. The molecule has 1 N–H and O–H groups in total. The molecule has 1 aromatic carbocycles. The van der Waals surface area contributed by atoms with Gasteiger partial charge in [-0.3, -0.25) is 9.59 Å². The zero-order valence-corrected chi connectivity index (χ0v) is 14.9. The molecule has 4 heteroatoms. The largest absolute Gasteiger partial charge is 0.338 e. The number of rotatable bonds is 6. The zero-order valence-electron chi connectivity index (χ0n) is 14.9. The molecule has 1 aromatic heterocycles. The third-order valence-electron chi connectivity index (χ3n) is 4.28. The Hall–Kier alpha value is -2.36. The molecule has 0 spiro atoms. The first-order valence-corrected chi connectivity index (χ1v) is 8.39. The van der Waals surface area contributed by atoms with E-state index >= 15 is 0 Å². The lowest BCUT2D eigenvalue weighted by Gasteiger charge is -2.33. The molecule has 0 saturated carbocycles. The molecule has 2 aromatic rings. The Labute approximate surface area is 143 Å². The molecular weight excluding hydrogens is 300 g/mol. The van der Waals surface area contributed by atoms with E-state index in [0.29, 0.717) is 24.2 Å². The Morgan fingerprint density at radius 3 is 2.46 bits per heavy atom. The minimum absolute atomic E-state index is 0.0328. The number of carbonyl (C=O) groups excluding carboxylic acids is 1. The van der Waals surface area contributed by atoms with Gasteiger partial charge in [-0.1, -0.05) is 51.1 Å². The minimum atomic E-state index is -0.185. The van der Waals surface area contributed by atoms with Crippen LogP contribution in [0.2, 0.25) is 0 Å². The number of benzene rings is 1. The molecule has 1 heterocycles. The van der Waals surface area contributed by atoms with Gasteiger partial charge in [0.2, 0.25) is 5.56 Å². The third kappa shape index (κ3) is 4.13. The van der Waals surface area contributed by atoms with E-state index in [9.17, 15) is 9.59 Å². The number of amides is 1. The summed E-state index contributed by atoms with van der Waals surface area (Å²) in [6, 6.07) is 11.7. The van der Waals surface area contributed by atoms with Crippen LogP contribution in [-0.4, -0.2) is 28.9 Å². The summed E-state index contributed by atoms with van der Waals surface area (Å²) in [6.45, 7) is 9.48. The molecule has 0 fully saturated rings. The van der Waals surface area contributed by atoms with E-state index in [1.807, 2.05) is 23.1 Å². The van der Waals surface area contributed by atoms with Gasteiger partial charge < -0.3 is 9.88 Å². The number of hydrogen-bond acceptors (Lipinski definition) is 2. The second-order valence-corrected chi connectivity index (χ2v) is 6.87. The first-order valence-electron chi connectivity index (χ1n) is 8.39. The lowest BCUT2D eigenvalue weighted by atomic mass is 9.84. The van der Waals surface area contributed by atoms with E-state index in [-0.39, 0.29) is 16.9 Å². The van der Waals surface area contributed by atoms with Crippen molar-refractivity contribution in [1.29, 1.82) is 0 Å². The topological polar surface area (TPSA) is 53.2 Å². The number of aromatic amines is 1. The highest BCUT2D eigenvalue weighted by Gasteiger charge is 2.27. The van der Waals surface area contributed by atoms with Crippen LogP contribution < -0.4 is 5.56 Å². The molecule has 0 aliphatic heterocycles. The summed E-state index contributed by atoms with van der Waals surface area (Å²) >= 11 is 0. The molecule has 128 valence electrons. The SMILES string of the molecule is CCCN(CC(C)(C)c1ccccc1)C(=O)c1c[nH]c(=O)cc1C. The maximum atomic E-state index is 13.0. The summed E-state index contributed by atoms with van der Waals surface area (Å²) in [6.07, 6.45) is 2.41. The molecule has 0 bridgehead atoms. The lowest BCUT2D eigenvalue weighted by Crippen LogP contribution is -2.41. The van der Waals surface area contributed by atoms with Crippen LogP contribution in [0.3, 0.4) is 0 Å². The highest BCUT2D eigenvalue weighted by Crippen LogP contribution is 2.25. The van der Waals surface area contributed by atoms with Gasteiger partial charge in [0.25, 0.3) is 5.91 Å². The van der Waals surface area contributed by atoms with Crippen molar-refractivity contribution in [3.8, 4) is 0 Å². The molecule has 0 unspecified atom stereocenters. The van der Waals surface area contributed by atoms with E-state index in [1.165, 1.54) is 17.8 Å². The van der Waals surface area contributed by atoms with Gasteiger partial charge >= 0.3 is 0 Å². The molecule has 0 atom stereocenters. The first-order chi connectivity index (χ1) is 11.3. The number of H-pyrrole nitrogens is 1. The average Bonchev–Trinajstić information content (AvgIpc) is 2.54. The third-order valence-corrected chi connectivity index (χ3v) is 4.28. The molecule has 0 aliphatic carbocycles. The predicted molar refractivity (Wildman–Crippen MR) is 97.5 cm³/mol. The first kappa shape index (κ1) is 18.0. The standard InChI is InChI=1S/C20H26N2O2/c1-5-11-22(14-20(3,4)16-9-7-6-8-10-16)19(24)17-13-21-18(23)12-15(17)2/h6-10,12-13H,5,11,14H2,1-4H3,(H,21,23). The van der Waals surface area contributed by atoms with Crippen LogP contribution in [0.4, 0.5) is 0 Å². The van der Waals surface area contributed by atoms with Crippen LogP contribution in [0.25, 0.3) is 0 Å². The number of aryl methyl sites for hydroxylation is 1. The van der Waals surface area contributed by atoms with E-state index in [4.69, 9.17) is 0 Å². The van der Waals surface area contributed by atoms with Crippen molar-refractivity contribution in [3.05, 3.63) is 69.6 Å². The Bertz CT molecular complexity index is 748. The second-order valence-electron chi connectivity index (χ2n) is 6.87. The van der Waals surface area contributed by atoms with Crippen molar-refractivity contribution in [3.63, 3.8) is 0 Å². The fourth-order valence-corrected chi connectivity index (χ4v) is 2.95. The average molecular weight is 326 g/mol. The van der Waals surface area contributed by atoms with Crippen molar-refractivity contribution in [2.24, 2.45) is 0 Å². The molecule has 0 saturated heterocycles. The van der Waals surface area contributed by atoms with Crippen LogP contribution in [0, 0.1) is 6.92 Å². The number of pyridine rings is 1. The quantitative estimate of drug-likeness (QED) is 0.883. The van der Waals surface area contributed by atoms with E-state index < -0.39 is 0 Å². The summed E-state index contributed by atoms with van der Waals surface area (Å²) in [5.41, 5.74) is 2.14. The highest BCUT2D eigenvalue weighted by atomic mass is 16.2. The summed E-state index contributed by atoms with van der Waals surface area (Å²) in [5, 5.41) is 0. The summed E-state index contributed by atoms with van der Waals surface area (Å²) in [4.78, 5) is 28.9. The molecule has 0 radical (unpaired) electrons. The van der Waals surface area contributed by atoms with Gasteiger partial charge in [-0.05, 0) is 24.5 Å². The van der Waals surface area contributed by atoms with Gasteiger partial charge in [-0.2, -0.15) is 0 Å². The molecule has 2 rings (SSSR count). The maximum Gasteiger partial charge on any atom is 0.255 e. The van der Waals surface area contributed by atoms with Gasteiger partial charge in [0.1, 0.15) is 0 Å². The Balaban J connectivity index is 2.28. The molecule has 0 aliphatic rings. The number of aromatic nitrogens is 1. The van der Waals surface area contributed by atoms with Crippen LogP contribution in [-0.2, 0) is 5.41 Å². The number of carbonyl (C=O) groups is 1. The number of hydrogen-bond donors (Lipinski definition) is 1. The lowest BCUT2D eigenvalue weighted by molar-refractivity contribution is 0.0721. The van der Waals surface area contributed by atoms with Gasteiger partial charge in [0.15, 0.2) is 0 Å². The fourth-order valence-electron chi connectivity index (χ4n) is 2.95. The number of nitrogens with zero attached hydrogens (tertiary/aromatic N) is 1. The summed E-state index contributed by atoms with van der Waals surface area (Å²) < 4.78 is 0.